The number of hydrogen-bond acceptors (Lipinski definition) is 2. The monoisotopic (exact) mass is 297 g/mol. The first kappa shape index (κ1) is 13.7. The van der Waals surface area contributed by atoms with Gasteiger partial charge in [-0.25, -0.2) is 4.68 Å². The molecular formula is C17H16ClN3. The number of rotatable bonds is 2. The van der Waals surface area contributed by atoms with Crippen LogP contribution in [-0.4, -0.2) is 9.78 Å². The van der Waals surface area contributed by atoms with Crippen LogP contribution in [-0.2, 0) is 0 Å². The molecule has 3 nitrogen and oxygen atoms in total. The van der Waals surface area contributed by atoms with Crippen LogP contribution < -0.4 is 5.73 Å². The lowest BCUT2D eigenvalue weighted by molar-refractivity contribution is 0.884. The number of halogens is 1. The first-order valence-corrected chi connectivity index (χ1v) is 7.11. The van der Waals surface area contributed by atoms with Crippen LogP contribution in [0.4, 0.5) is 5.69 Å². The van der Waals surface area contributed by atoms with E-state index in [1.807, 2.05) is 30.5 Å². The highest BCUT2D eigenvalue weighted by molar-refractivity contribution is 6.30. The molecule has 0 aliphatic heterocycles. The summed E-state index contributed by atoms with van der Waals surface area (Å²) in [4.78, 5) is 0. The van der Waals surface area contributed by atoms with Gasteiger partial charge in [0.1, 0.15) is 5.69 Å². The van der Waals surface area contributed by atoms with Crippen molar-refractivity contribution in [1.82, 2.24) is 9.78 Å². The second-order valence-electron chi connectivity index (χ2n) is 5.18. The molecule has 0 bridgehead atoms. The fraction of sp³-hybridized carbons (Fsp3) is 0.118. The van der Waals surface area contributed by atoms with Crippen molar-refractivity contribution in [2.75, 3.05) is 5.73 Å². The van der Waals surface area contributed by atoms with Gasteiger partial charge >= 0.3 is 0 Å². The Hall–Kier alpha value is -2.26. The Morgan fingerprint density at radius 1 is 1.10 bits per heavy atom. The normalized spacial score (nSPS) is 10.8. The smallest absolute Gasteiger partial charge is 0.116 e. The van der Waals surface area contributed by atoms with Crippen molar-refractivity contribution in [3.63, 3.8) is 0 Å². The minimum atomic E-state index is 0.656. The van der Waals surface area contributed by atoms with E-state index in [4.69, 9.17) is 17.3 Å². The molecule has 21 heavy (non-hydrogen) atoms. The Morgan fingerprint density at radius 2 is 1.90 bits per heavy atom. The molecule has 3 aromatic rings. The Labute approximate surface area is 129 Å². The SMILES string of the molecule is Cc1ccc(C)c(-c2nn(-c3cccc(Cl)c3)cc2N)c1. The average Bonchev–Trinajstić information content (AvgIpc) is 2.83. The first-order valence-electron chi connectivity index (χ1n) is 6.73. The molecule has 0 saturated heterocycles. The van der Waals surface area contributed by atoms with Crippen LogP contribution in [0.1, 0.15) is 11.1 Å². The summed E-state index contributed by atoms with van der Waals surface area (Å²) in [7, 11) is 0. The molecule has 2 N–H and O–H groups in total. The van der Waals surface area contributed by atoms with Crippen LogP contribution in [0.25, 0.3) is 16.9 Å². The van der Waals surface area contributed by atoms with Crippen LogP contribution in [0.3, 0.4) is 0 Å². The largest absolute Gasteiger partial charge is 0.396 e. The summed E-state index contributed by atoms with van der Waals surface area (Å²) in [6.07, 6.45) is 1.82. The third kappa shape index (κ3) is 2.65. The van der Waals surface area contributed by atoms with Crippen molar-refractivity contribution in [2.24, 2.45) is 0 Å². The van der Waals surface area contributed by atoms with Crippen LogP contribution in [0.5, 0.6) is 0 Å². The van der Waals surface area contributed by atoms with E-state index < -0.39 is 0 Å². The molecule has 0 radical (unpaired) electrons. The summed E-state index contributed by atoms with van der Waals surface area (Å²) >= 11 is 6.03. The predicted octanol–water partition coefficient (Wildman–Crippen LogP) is 4.39. The van der Waals surface area contributed by atoms with E-state index in [-0.39, 0.29) is 0 Å². The third-order valence-electron chi connectivity index (χ3n) is 3.46. The number of nitrogen functional groups attached to an aromatic ring is 1. The fourth-order valence-corrected chi connectivity index (χ4v) is 2.52. The molecule has 1 heterocycles. The van der Waals surface area contributed by atoms with Crippen LogP contribution in [0.2, 0.25) is 5.02 Å². The highest BCUT2D eigenvalue weighted by Crippen LogP contribution is 2.29. The van der Waals surface area contributed by atoms with E-state index in [0.717, 1.165) is 22.5 Å². The van der Waals surface area contributed by atoms with Crippen molar-refractivity contribution in [1.29, 1.82) is 0 Å². The average molecular weight is 298 g/mol. The maximum Gasteiger partial charge on any atom is 0.116 e. The second-order valence-corrected chi connectivity index (χ2v) is 5.61. The van der Waals surface area contributed by atoms with Crippen molar-refractivity contribution >= 4 is 17.3 Å². The lowest BCUT2D eigenvalue weighted by Crippen LogP contribution is -1.95. The zero-order valence-corrected chi connectivity index (χ0v) is 12.7. The van der Waals surface area contributed by atoms with Gasteiger partial charge < -0.3 is 5.73 Å². The van der Waals surface area contributed by atoms with E-state index >= 15 is 0 Å². The van der Waals surface area contributed by atoms with Crippen LogP contribution in [0, 0.1) is 13.8 Å². The molecule has 1 aromatic heterocycles. The first-order chi connectivity index (χ1) is 10.0. The lowest BCUT2D eigenvalue weighted by Gasteiger charge is -2.05. The van der Waals surface area contributed by atoms with Gasteiger partial charge in [0.2, 0.25) is 0 Å². The number of nitrogens with zero attached hydrogens (tertiary/aromatic N) is 2. The molecule has 0 fully saturated rings. The molecule has 0 spiro atoms. The molecule has 3 rings (SSSR count). The van der Waals surface area contributed by atoms with Crippen molar-refractivity contribution < 1.29 is 0 Å². The molecule has 0 unspecified atom stereocenters. The highest BCUT2D eigenvalue weighted by atomic mass is 35.5. The summed E-state index contributed by atoms with van der Waals surface area (Å²) in [5.41, 5.74) is 11.9. The maximum atomic E-state index is 6.15. The minimum absolute atomic E-state index is 0.656. The maximum absolute atomic E-state index is 6.15. The minimum Gasteiger partial charge on any atom is -0.396 e. The van der Waals surface area contributed by atoms with Gasteiger partial charge in [0.15, 0.2) is 0 Å². The number of aromatic nitrogens is 2. The van der Waals surface area contributed by atoms with E-state index in [1.54, 1.807) is 4.68 Å². The Balaban J connectivity index is 2.12. The van der Waals surface area contributed by atoms with Gasteiger partial charge in [0.25, 0.3) is 0 Å². The summed E-state index contributed by atoms with van der Waals surface area (Å²) in [5, 5.41) is 5.30. The van der Waals surface area contributed by atoms with Gasteiger partial charge in [0, 0.05) is 10.6 Å². The molecule has 106 valence electrons. The fourth-order valence-electron chi connectivity index (χ4n) is 2.34. The van der Waals surface area contributed by atoms with E-state index in [2.05, 4.69) is 37.1 Å². The van der Waals surface area contributed by atoms with Crippen LogP contribution >= 0.6 is 11.6 Å². The number of aryl methyl sites for hydroxylation is 2. The summed E-state index contributed by atoms with van der Waals surface area (Å²) in [5.74, 6) is 0. The van der Waals surface area contributed by atoms with E-state index in [0.29, 0.717) is 10.7 Å². The van der Waals surface area contributed by atoms with Gasteiger partial charge in [0.05, 0.1) is 17.6 Å². The van der Waals surface area contributed by atoms with Crippen molar-refractivity contribution in [3.05, 3.63) is 64.8 Å². The zero-order valence-electron chi connectivity index (χ0n) is 12.0. The zero-order chi connectivity index (χ0) is 15.0. The van der Waals surface area contributed by atoms with Crippen molar-refractivity contribution in [3.8, 4) is 16.9 Å². The predicted molar refractivity (Wildman–Crippen MR) is 87.9 cm³/mol. The topological polar surface area (TPSA) is 43.8 Å². The molecule has 0 atom stereocenters. The van der Waals surface area contributed by atoms with Crippen LogP contribution in [0.15, 0.2) is 48.7 Å². The highest BCUT2D eigenvalue weighted by Gasteiger charge is 2.12. The quantitative estimate of drug-likeness (QED) is 0.762. The van der Waals surface area contributed by atoms with E-state index in [1.165, 1.54) is 5.56 Å². The second kappa shape index (κ2) is 5.26. The Morgan fingerprint density at radius 3 is 2.67 bits per heavy atom. The summed E-state index contributed by atoms with van der Waals surface area (Å²) < 4.78 is 1.76. The molecule has 0 aliphatic rings. The lowest BCUT2D eigenvalue weighted by atomic mass is 10.0. The van der Waals surface area contributed by atoms with Gasteiger partial charge in [-0.1, -0.05) is 35.4 Å². The molecule has 4 heteroatoms. The number of hydrogen-bond donors (Lipinski definition) is 1. The molecule has 2 aromatic carbocycles. The number of nitrogens with two attached hydrogens (primary N) is 1. The Bertz CT molecular complexity index is 806. The Kier molecular flexibility index (Phi) is 3.43. The third-order valence-corrected chi connectivity index (χ3v) is 3.70. The number of anilines is 1. The molecule has 0 aliphatic carbocycles. The molecule has 0 saturated carbocycles. The number of benzene rings is 2. The van der Waals surface area contributed by atoms with Gasteiger partial charge in [-0.3, -0.25) is 0 Å². The summed E-state index contributed by atoms with van der Waals surface area (Å²) in [6.45, 7) is 4.12. The van der Waals surface area contributed by atoms with E-state index in [9.17, 15) is 0 Å². The van der Waals surface area contributed by atoms with Crippen molar-refractivity contribution in [2.45, 2.75) is 13.8 Å². The standard InChI is InChI=1S/C17H16ClN3/c1-11-6-7-12(2)15(8-11)17-16(19)10-21(20-17)14-5-3-4-13(18)9-14/h3-10H,19H2,1-2H3. The van der Waals surface area contributed by atoms with Gasteiger partial charge in [-0.15, -0.1) is 0 Å². The van der Waals surface area contributed by atoms with Gasteiger partial charge in [-0.05, 0) is 43.7 Å². The van der Waals surface area contributed by atoms with Gasteiger partial charge in [-0.2, -0.15) is 5.10 Å². The summed E-state index contributed by atoms with van der Waals surface area (Å²) in [6, 6.07) is 13.8. The molecule has 0 amide bonds. The molecular weight excluding hydrogens is 282 g/mol.